The van der Waals surface area contributed by atoms with Gasteiger partial charge in [0.1, 0.15) is 0 Å². The Kier molecular flexibility index (Phi) is 5.43. The monoisotopic (exact) mass is 340 g/mol. The van der Waals surface area contributed by atoms with Crippen LogP contribution in [0.3, 0.4) is 0 Å². The summed E-state index contributed by atoms with van der Waals surface area (Å²) < 4.78 is 0. The smallest absolute Gasteiger partial charge is 0.229 e. The molecule has 2 aromatic rings. The van der Waals surface area contributed by atoms with Gasteiger partial charge in [-0.25, -0.2) is 0 Å². The van der Waals surface area contributed by atoms with Crippen LogP contribution in [0.4, 0.5) is 11.4 Å². The van der Waals surface area contributed by atoms with E-state index in [1.54, 1.807) is 17.4 Å². The quantitative estimate of drug-likeness (QED) is 0.773. The molecule has 1 aliphatic rings. The molecule has 4 nitrogen and oxygen atoms in total. The minimum atomic E-state index is -0.0853. The van der Waals surface area contributed by atoms with E-state index in [1.807, 2.05) is 35.7 Å². The SMILES string of the molecule is O=C(Cc1cccs1)Nc1ccccc1NC(=O)C[C@H]1C=CCC1. The number of allylic oxidation sites excluding steroid dienone is 2. The van der Waals surface area contributed by atoms with E-state index in [0.29, 0.717) is 30.1 Å². The molecule has 0 spiro atoms. The minimum absolute atomic E-state index is 0.0218. The summed E-state index contributed by atoms with van der Waals surface area (Å²) in [5.74, 6) is 0.218. The molecule has 1 aromatic heterocycles. The van der Waals surface area contributed by atoms with Crippen molar-refractivity contribution >= 4 is 34.5 Å². The number of hydrogen-bond acceptors (Lipinski definition) is 3. The summed E-state index contributed by atoms with van der Waals surface area (Å²) in [4.78, 5) is 25.4. The largest absolute Gasteiger partial charge is 0.324 e. The van der Waals surface area contributed by atoms with Crippen molar-refractivity contribution in [3.63, 3.8) is 0 Å². The molecule has 0 saturated carbocycles. The van der Waals surface area contributed by atoms with Crippen molar-refractivity contribution in [1.82, 2.24) is 0 Å². The van der Waals surface area contributed by atoms with Gasteiger partial charge in [0.15, 0.2) is 0 Å². The molecule has 1 aliphatic carbocycles. The molecule has 1 atom stereocenters. The third kappa shape index (κ3) is 4.55. The highest BCUT2D eigenvalue weighted by molar-refractivity contribution is 7.10. The number of para-hydroxylation sites is 2. The van der Waals surface area contributed by atoms with Crippen LogP contribution in [0.5, 0.6) is 0 Å². The lowest BCUT2D eigenvalue weighted by atomic mass is 10.0. The predicted molar refractivity (Wildman–Crippen MR) is 98.2 cm³/mol. The number of thiophene rings is 1. The summed E-state index contributed by atoms with van der Waals surface area (Å²) in [6.07, 6.45) is 7.13. The van der Waals surface area contributed by atoms with Gasteiger partial charge in [0.25, 0.3) is 0 Å². The molecule has 124 valence electrons. The second kappa shape index (κ2) is 7.93. The van der Waals surface area contributed by atoms with E-state index in [4.69, 9.17) is 0 Å². The van der Waals surface area contributed by atoms with Gasteiger partial charge in [-0.1, -0.05) is 30.4 Å². The maximum absolute atomic E-state index is 12.2. The van der Waals surface area contributed by atoms with E-state index in [-0.39, 0.29) is 11.8 Å². The Balaban J connectivity index is 1.60. The van der Waals surface area contributed by atoms with Crippen LogP contribution < -0.4 is 10.6 Å². The number of amides is 2. The molecule has 5 heteroatoms. The zero-order chi connectivity index (χ0) is 16.8. The molecule has 0 aliphatic heterocycles. The average molecular weight is 340 g/mol. The molecule has 0 unspecified atom stereocenters. The van der Waals surface area contributed by atoms with Crippen molar-refractivity contribution in [3.8, 4) is 0 Å². The van der Waals surface area contributed by atoms with Gasteiger partial charge >= 0.3 is 0 Å². The molecule has 1 heterocycles. The summed E-state index contributed by atoms with van der Waals surface area (Å²) >= 11 is 1.56. The van der Waals surface area contributed by atoms with E-state index >= 15 is 0 Å². The third-order valence-corrected chi connectivity index (χ3v) is 4.83. The lowest BCUT2D eigenvalue weighted by Crippen LogP contribution is -2.18. The summed E-state index contributed by atoms with van der Waals surface area (Å²) in [5.41, 5.74) is 1.28. The van der Waals surface area contributed by atoms with E-state index in [2.05, 4.69) is 22.8 Å². The van der Waals surface area contributed by atoms with Gasteiger partial charge in [0.05, 0.1) is 17.8 Å². The third-order valence-electron chi connectivity index (χ3n) is 3.95. The van der Waals surface area contributed by atoms with Crippen LogP contribution in [-0.2, 0) is 16.0 Å². The van der Waals surface area contributed by atoms with Gasteiger partial charge in [-0.05, 0) is 42.3 Å². The highest BCUT2D eigenvalue weighted by Gasteiger charge is 2.15. The Labute approximate surface area is 145 Å². The molecule has 0 bridgehead atoms. The number of nitrogens with one attached hydrogen (secondary N) is 2. The number of carbonyl (C=O) groups is 2. The lowest BCUT2D eigenvalue weighted by Gasteiger charge is -2.13. The Bertz CT molecular complexity index is 738. The maximum Gasteiger partial charge on any atom is 0.229 e. The van der Waals surface area contributed by atoms with Crippen molar-refractivity contribution in [3.05, 3.63) is 58.8 Å². The second-order valence-electron chi connectivity index (χ2n) is 5.87. The Morgan fingerprint density at radius 1 is 1.04 bits per heavy atom. The molecule has 24 heavy (non-hydrogen) atoms. The van der Waals surface area contributed by atoms with Crippen molar-refractivity contribution in [2.24, 2.45) is 5.92 Å². The minimum Gasteiger partial charge on any atom is -0.324 e. The number of hydrogen-bond donors (Lipinski definition) is 2. The first-order chi connectivity index (χ1) is 11.7. The van der Waals surface area contributed by atoms with Gasteiger partial charge in [0, 0.05) is 11.3 Å². The first-order valence-electron chi connectivity index (χ1n) is 8.08. The zero-order valence-electron chi connectivity index (χ0n) is 13.3. The molecule has 0 fully saturated rings. The normalized spacial score (nSPS) is 16.1. The van der Waals surface area contributed by atoms with Crippen LogP contribution in [-0.4, -0.2) is 11.8 Å². The van der Waals surface area contributed by atoms with Crippen molar-refractivity contribution < 1.29 is 9.59 Å². The van der Waals surface area contributed by atoms with Crippen LogP contribution in [0.1, 0.15) is 24.1 Å². The van der Waals surface area contributed by atoms with Crippen LogP contribution in [0, 0.1) is 5.92 Å². The van der Waals surface area contributed by atoms with Crippen molar-refractivity contribution in [2.75, 3.05) is 10.6 Å². The first kappa shape index (κ1) is 16.5. The molecule has 3 rings (SSSR count). The van der Waals surface area contributed by atoms with Crippen molar-refractivity contribution in [1.29, 1.82) is 0 Å². The number of rotatable bonds is 6. The van der Waals surface area contributed by atoms with Gasteiger partial charge in [-0.3, -0.25) is 9.59 Å². The molecular weight excluding hydrogens is 320 g/mol. The molecule has 0 saturated heterocycles. The lowest BCUT2D eigenvalue weighted by molar-refractivity contribution is -0.117. The fourth-order valence-corrected chi connectivity index (χ4v) is 3.48. The Hall–Kier alpha value is -2.40. The van der Waals surface area contributed by atoms with Gasteiger partial charge in [0.2, 0.25) is 11.8 Å². The van der Waals surface area contributed by atoms with Gasteiger partial charge < -0.3 is 10.6 Å². The molecule has 1 aromatic carbocycles. The predicted octanol–water partition coefficient (Wildman–Crippen LogP) is 4.22. The van der Waals surface area contributed by atoms with E-state index < -0.39 is 0 Å². The number of carbonyl (C=O) groups excluding carboxylic acids is 2. The van der Waals surface area contributed by atoms with Crippen LogP contribution in [0.15, 0.2) is 53.9 Å². The number of anilines is 2. The summed E-state index contributed by atoms with van der Waals surface area (Å²) in [6, 6.07) is 11.2. The van der Waals surface area contributed by atoms with Crippen molar-refractivity contribution in [2.45, 2.75) is 25.7 Å². The Morgan fingerprint density at radius 2 is 1.79 bits per heavy atom. The zero-order valence-corrected chi connectivity index (χ0v) is 14.1. The summed E-state index contributed by atoms with van der Waals surface area (Å²) in [5, 5.41) is 7.76. The maximum atomic E-state index is 12.2. The topological polar surface area (TPSA) is 58.2 Å². The highest BCUT2D eigenvalue weighted by atomic mass is 32.1. The molecular formula is C19H20N2O2S. The van der Waals surface area contributed by atoms with E-state index in [1.165, 1.54) is 0 Å². The summed E-state index contributed by atoms with van der Waals surface area (Å²) in [6.45, 7) is 0. The van der Waals surface area contributed by atoms with Crippen LogP contribution in [0.25, 0.3) is 0 Å². The van der Waals surface area contributed by atoms with Gasteiger partial charge in [-0.2, -0.15) is 0 Å². The fraction of sp³-hybridized carbons (Fsp3) is 0.263. The highest BCUT2D eigenvalue weighted by Crippen LogP contribution is 2.24. The fourth-order valence-electron chi connectivity index (χ4n) is 2.77. The van der Waals surface area contributed by atoms with E-state index in [9.17, 15) is 9.59 Å². The number of benzene rings is 1. The second-order valence-corrected chi connectivity index (χ2v) is 6.90. The first-order valence-corrected chi connectivity index (χ1v) is 8.96. The van der Waals surface area contributed by atoms with Gasteiger partial charge in [-0.15, -0.1) is 11.3 Å². The molecule has 2 amide bonds. The average Bonchev–Trinajstić information content (AvgIpc) is 3.23. The molecule has 2 N–H and O–H groups in total. The molecule has 0 radical (unpaired) electrons. The van der Waals surface area contributed by atoms with Crippen LogP contribution >= 0.6 is 11.3 Å². The summed E-state index contributed by atoms with van der Waals surface area (Å²) in [7, 11) is 0. The van der Waals surface area contributed by atoms with Crippen LogP contribution in [0.2, 0.25) is 0 Å². The Morgan fingerprint density at radius 3 is 2.42 bits per heavy atom. The standard InChI is InChI=1S/C19H20N2O2S/c22-18(12-14-6-1-2-7-14)20-16-9-3-4-10-17(16)21-19(23)13-15-8-5-11-24-15/h1,3-6,8-11,14H,2,7,12-13H2,(H,20,22)(H,21,23)/t14-/m0/s1. The van der Waals surface area contributed by atoms with E-state index in [0.717, 1.165) is 17.7 Å².